The number of hydrogen-bond acceptors (Lipinski definition) is 10. The molecule has 0 saturated carbocycles. The van der Waals surface area contributed by atoms with Crippen molar-refractivity contribution in [2.45, 2.75) is 397 Å². The zero-order chi connectivity index (χ0) is 58.0. The lowest BCUT2D eigenvalue weighted by atomic mass is 9.99. The van der Waals surface area contributed by atoms with Gasteiger partial charge < -0.3 is 45.1 Å². The molecule has 6 N–H and O–H groups in total. The molecule has 11 nitrogen and oxygen atoms in total. The maximum absolute atomic E-state index is 13.0. The van der Waals surface area contributed by atoms with Crippen molar-refractivity contribution >= 4 is 11.9 Å². The number of allylic oxidation sites excluding steroid dienone is 1. The van der Waals surface area contributed by atoms with Gasteiger partial charge in [-0.25, -0.2) is 0 Å². The fourth-order valence-electron chi connectivity index (χ4n) is 11.4. The van der Waals surface area contributed by atoms with Crippen molar-refractivity contribution in [2.24, 2.45) is 0 Å². The first-order chi connectivity index (χ1) is 39.2. The van der Waals surface area contributed by atoms with E-state index in [0.29, 0.717) is 19.4 Å². The molecular formula is C69H133NO10. The minimum Gasteiger partial charge on any atom is -0.466 e. The molecule has 1 fully saturated rings. The molecule has 7 atom stereocenters. The second-order valence-corrected chi connectivity index (χ2v) is 24.6. The summed E-state index contributed by atoms with van der Waals surface area (Å²) in [7, 11) is 0. The van der Waals surface area contributed by atoms with Crippen LogP contribution in [0, 0.1) is 0 Å². The first kappa shape index (κ1) is 76.4. The molecule has 80 heavy (non-hydrogen) atoms. The Kier molecular flexibility index (Phi) is 56.5. The van der Waals surface area contributed by atoms with Crippen molar-refractivity contribution in [3.8, 4) is 0 Å². The molecule has 1 saturated heterocycles. The summed E-state index contributed by atoms with van der Waals surface area (Å²) in [5.74, 6) is -0.164. The fourth-order valence-corrected chi connectivity index (χ4v) is 11.4. The largest absolute Gasteiger partial charge is 0.466 e. The third kappa shape index (κ3) is 47.7. The molecule has 1 rings (SSSR count). The first-order valence-electron chi connectivity index (χ1n) is 35.0. The molecule has 1 aliphatic heterocycles. The average molecular weight is 1140 g/mol. The van der Waals surface area contributed by atoms with E-state index in [1.807, 2.05) is 6.08 Å². The molecule has 1 amide bonds. The van der Waals surface area contributed by atoms with E-state index in [0.717, 1.165) is 51.4 Å². The Morgan fingerprint density at radius 2 is 0.787 bits per heavy atom. The molecule has 0 aromatic heterocycles. The lowest BCUT2D eigenvalue weighted by Gasteiger charge is -2.40. The van der Waals surface area contributed by atoms with Crippen LogP contribution in [0.15, 0.2) is 12.2 Å². The number of carbonyl (C=O) groups excluding carboxylic acids is 2. The van der Waals surface area contributed by atoms with Crippen molar-refractivity contribution < 1.29 is 49.3 Å². The average Bonchev–Trinajstić information content (AvgIpc) is 3.45. The molecule has 0 radical (unpaired) electrons. The maximum atomic E-state index is 13.0. The van der Waals surface area contributed by atoms with Crippen LogP contribution in [0.25, 0.3) is 0 Å². The Morgan fingerprint density at radius 3 is 1.16 bits per heavy atom. The summed E-state index contributed by atoms with van der Waals surface area (Å²) in [5, 5.41) is 54.3. The van der Waals surface area contributed by atoms with Crippen molar-refractivity contribution in [1.82, 2.24) is 5.32 Å². The zero-order valence-electron chi connectivity index (χ0n) is 52.6. The predicted octanol–water partition coefficient (Wildman–Crippen LogP) is 17.5. The van der Waals surface area contributed by atoms with Gasteiger partial charge in [0.05, 0.1) is 32.0 Å². The van der Waals surface area contributed by atoms with Crippen LogP contribution in [0.2, 0.25) is 0 Å². The van der Waals surface area contributed by atoms with Gasteiger partial charge >= 0.3 is 5.97 Å². The van der Waals surface area contributed by atoms with Crippen molar-refractivity contribution in [2.75, 3.05) is 19.8 Å². The van der Waals surface area contributed by atoms with Crippen LogP contribution in [0.1, 0.15) is 354 Å². The molecule has 7 unspecified atom stereocenters. The summed E-state index contributed by atoms with van der Waals surface area (Å²) in [6, 6.07) is -0.804. The Bertz CT molecular complexity index is 1330. The molecule has 0 aromatic rings. The van der Waals surface area contributed by atoms with E-state index in [4.69, 9.17) is 14.2 Å². The van der Waals surface area contributed by atoms with Gasteiger partial charge in [0.25, 0.3) is 0 Å². The smallest absolute Gasteiger partial charge is 0.305 e. The normalized spacial score (nSPS) is 18.3. The van der Waals surface area contributed by atoms with E-state index >= 15 is 0 Å². The highest BCUT2D eigenvalue weighted by molar-refractivity contribution is 5.76. The van der Waals surface area contributed by atoms with Gasteiger partial charge in [0.2, 0.25) is 5.91 Å². The van der Waals surface area contributed by atoms with Crippen LogP contribution < -0.4 is 5.32 Å². The summed E-state index contributed by atoms with van der Waals surface area (Å²) in [6.45, 7) is 4.36. The minimum atomic E-state index is -1.57. The van der Waals surface area contributed by atoms with Gasteiger partial charge in [-0.2, -0.15) is 0 Å². The lowest BCUT2D eigenvalue weighted by Crippen LogP contribution is -2.60. The number of unbranched alkanes of at least 4 members (excludes halogenated alkanes) is 48. The van der Waals surface area contributed by atoms with Crippen LogP contribution in [0.4, 0.5) is 0 Å². The molecule has 0 spiro atoms. The van der Waals surface area contributed by atoms with E-state index in [9.17, 15) is 35.1 Å². The number of ether oxygens (including phenoxy) is 3. The molecule has 1 aliphatic rings. The molecule has 474 valence electrons. The highest BCUT2D eigenvalue weighted by Crippen LogP contribution is 2.23. The Hall–Kier alpha value is -1.60. The lowest BCUT2D eigenvalue weighted by molar-refractivity contribution is -0.302. The number of aliphatic hydroxyl groups excluding tert-OH is 5. The number of esters is 1. The van der Waals surface area contributed by atoms with Crippen molar-refractivity contribution in [3.05, 3.63) is 12.2 Å². The van der Waals surface area contributed by atoms with Gasteiger partial charge in [-0.1, -0.05) is 321 Å². The van der Waals surface area contributed by atoms with Gasteiger partial charge in [0.1, 0.15) is 24.4 Å². The van der Waals surface area contributed by atoms with Crippen LogP contribution in [-0.4, -0.2) is 100 Å². The zero-order valence-corrected chi connectivity index (χ0v) is 52.6. The monoisotopic (exact) mass is 1140 g/mol. The van der Waals surface area contributed by atoms with Crippen molar-refractivity contribution in [3.63, 3.8) is 0 Å². The number of carbonyl (C=O) groups is 2. The Morgan fingerprint density at radius 1 is 0.450 bits per heavy atom. The van der Waals surface area contributed by atoms with Crippen molar-refractivity contribution in [1.29, 1.82) is 0 Å². The molecule has 0 aliphatic carbocycles. The number of nitrogens with one attached hydrogen (secondary N) is 1. The highest BCUT2D eigenvalue weighted by Gasteiger charge is 2.44. The van der Waals surface area contributed by atoms with Gasteiger partial charge in [-0.05, 0) is 32.1 Å². The van der Waals surface area contributed by atoms with E-state index in [1.165, 1.54) is 276 Å². The Labute approximate surface area is 493 Å². The quantitative estimate of drug-likeness (QED) is 0.0195. The van der Waals surface area contributed by atoms with Crippen LogP contribution in [0.3, 0.4) is 0 Å². The fraction of sp³-hybridized carbons (Fsp3) is 0.942. The molecule has 11 heteroatoms. The van der Waals surface area contributed by atoms with Gasteiger partial charge in [-0.3, -0.25) is 9.59 Å². The van der Waals surface area contributed by atoms with Gasteiger partial charge in [0.15, 0.2) is 6.29 Å². The topological polar surface area (TPSA) is 175 Å². The number of hydrogen-bond donors (Lipinski definition) is 6. The van der Waals surface area contributed by atoms with Crippen LogP contribution in [-0.2, 0) is 23.8 Å². The summed E-state index contributed by atoms with van der Waals surface area (Å²) in [6.07, 6.45) is 62.2. The Balaban J connectivity index is 1.90. The second kappa shape index (κ2) is 59.1. The molecule has 0 aromatic carbocycles. The molecule has 0 bridgehead atoms. The number of amides is 1. The molecule has 1 heterocycles. The second-order valence-electron chi connectivity index (χ2n) is 24.6. The predicted molar refractivity (Wildman–Crippen MR) is 334 cm³/mol. The third-order valence-corrected chi connectivity index (χ3v) is 16.9. The van der Waals surface area contributed by atoms with E-state index in [1.54, 1.807) is 6.08 Å². The third-order valence-electron chi connectivity index (χ3n) is 16.9. The summed E-state index contributed by atoms with van der Waals surface area (Å²) in [5.41, 5.74) is 0. The maximum Gasteiger partial charge on any atom is 0.305 e. The number of aliphatic hydroxyl groups is 5. The highest BCUT2D eigenvalue weighted by atomic mass is 16.7. The summed E-state index contributed by atoms with van der Waals surface area (Å²) in [4.78, 5) is 25.1. The van der Waals surface area contributed by atoms with Crippen LogP contribution >= 0.6 is 0 Å². The van der Waals surface area contributed by atoms with E-state index in [-0.39, 0.29) is 18.5 Å². The molecular weight excluding hydrogens is 1000 g/mol. The van der Waals surface area contributed by atoms with E-state index < -0.39 is 49.5 Å². The van der Waals surface area contributed by atoms with Gasteiger partial charge in [0, 0.05) is 12.8 Å². The first-order valence-corrected chi connectivity index (χ1v) is 35.0. The summed E-state index contributed by atoms with van der Waals surface area (Å²) >= 11 is 0. The summed E-state index contributed by atoms with van der Waals surface area (Å²) < 4.78 is 16.7. The van der Waals surface area contributed by atoms with Crippen LogP contribution in [0.5, 0.6) is 0 Å². The van der Waals surface area contributed by atoms with E-state index in [2.05, 4.69) is 19.2 Å². The SMILES string of the molecule is CCCCCCCCC/C=C/C(O)C(COC1OC(CO)C(O)C(O)C1O)NC(=O)CCCCCCCCCCCCCCCCCCCCCCCCCCCCCCCCOC(=O)CCCCCCCCCCCCCCC. The number of rotatable bonds is 62. The van der Waals surface area contributed by atoms with Gasteiger partial charge in [-0.15, -0.1) is 0 Å². The minimum absolute atomic E-state index is 0.0140. The standard InChI is InChI=1S/C69H133NO10/c1-3-5-7-9-11-13-14-33-37-41-45-49-53-57-65(74)78-58-54-50-46-42-38-35-32-30-28-26-24-22-20-18-16-15-17-19-21-23-25-27-29-31-34-36-40-44-48-52-56-64(73)70-61(62(72)55-51-47-43-39-12-10-8-6-4-2)60-79-69-68(77)67(76)66(75)63(59-71)80-69/h51,55,61-63,66-69,71-72,75-77H,3-50,52-54,56-60H2,1-2H3,(H,70,73)/b55-51+.